The third kappa shape index (κ3) is 3.06. The Morgan fingerprint density at radius 3 is 2.39 bits per heavy atom. The Balaban J connectivity index is 0.000000771. The second-order valence-corrected chi connectivity index (χ2v) is 3.51. The summed E-state index contributed by atoms with van der Waals surface area (Å²) in [7, 11) is 1.53. The van der Waals surface area contributed by atoms with Crippen molar-refractivity contribution >= 4 is 0 Å². The molecule has 18 heavy (non-hydrogen) atoms. The number of halogens is 1. The molecule has 0 bridgehead atoms. The van der Waals surface area contributed by atoms with Gasteiger partial charge in [0.2, 0.25) is 0 Å². The van der Waals surface area contributed by atoms with Crippen molar-refractivity contribution in [3.63, 3.8) is 0 Å². The average Bonchev–Trinajstić information content (AvgIpc) is 2.42. The van der Waals surface area contributed by atoms with Crippen molar-refractivity contribution in [3.05, 3.63) is 48.0 Å². The SMILES string of the molecule is CC.COc1cccc(F)c1-c1ccc(C)nc1. The zero-order valence-corrected chi connectivity index (χ0v) is 11.2. The van der Waals surface area contributed by atoms with E-state index in [0.717, 1.165) is 11.3 Å². The molecule has 0 aliphatic rings. The van der Waals surface area contributed by atoms with Gasteiger partial charge in [0.1, 0.15) is 11.6 Å². The lowest BCUT2D eigenvalue weighted by atomic mass is 10.1. The van der Waals surface area contributed by atoms with Crippen molar-refractivity contribution in [1.82, 2.24) is 4.98 Å². The van der Waals surface area contributed by atoms with Gasteiger partial charge in [0.15, 0.2) is 0 Å². The van der Waals surface area contributed by atoms with E-state index >= 15 is 0 Å². The molecule has 1 aromatic carbocycles. The van der Waals surface area contributed by atoms with E-state index in [2.05, 4.69) is 4.98 Å². The fourth-order valence-electron chi connectivity index (χ4n) is 1.57. The molecule has 0 amide bonds. The Morgan fingerprint density at radius 1 is 1.11 bits per heavy atom. The molecule has 96 valence electrons. The molecule has 1 aromatic heterocycles. The predicted octanol–water partition coefficient (Wildman–Crippen LogP) is 4.23. The first kappa shape index (κ1) is 14.2. The van der Waals surface area contributed by atoms with Crippen LogP contribution in [0.25, 0.3) is 11.1 Å². The molecule has 3 heteroatoms. The summed E-state index contributed by atoms with van der Waals surface area (Å²) in [5.41, 5.74) is 2.08. The lowest BCUT2D eigenvalue weighted by Gasteiger charge is -2.09. The predicted molar refractivity (Wildman–Crippen MR) is 72.3 cm³/mol. The number of pyridine rings is 1. The van der Waals surface area contributed by atoms with Gasteiger partial charge in [-0.2, -0.15) is 0 Å². The standard InChI is InChI=1S/C13H12FNO.C2H6/c1-9-6-7-10(8-15-9)13-11(14)4-3-5-12(13)16-2;1-2/h3-8H,1-2H3;1-2H3. The van der Waals surface area contributed by atoms with E-state index in [1.165, 1.54) is 13.2 Å². The van der Waals surface area contributed by atoms with E-state index < -0.39 is 0 Å². The van der Waals surface area contributed by atoms with Crippen molar-refractivity contribution in [1.29, 1.82) is 0 Å². The van der Waals surface area contributed by atoms with Crippen LogP contribution in [-0.4, -0.2) is 12.1 Å². The number of benzene rings is 1. The molecule has 0 atom stereocenters. The van der Waals surface area contributed by atoms with Gasteiger partial charge in [0.05, 0.1) is 12.7 Å². The van der Waals surface area contributed by atoms with Crippen molar-refractivity contribution in [3.8, 4) is 16.9 Å². The van der Waals surface area contributed by atoms with Gasteiger partial charge < -0.3 is 4.74 Å². The summed E-state index contributed by atoms with van der Waals surface area (Å²) in [6, 6.07) is 8.46. The molecule has 0 radical (unpaired) electrons. The van der Waals surface area contributed by atoms with Gasteiger partial charge in [-0.3, -0.25) is 4.98 Å². The minimum atomic E-state index is -0.301. The van der Waals surface area contributed by atoms with Gasteiger partial charge >= 0.3 is 0 Å². The van der Waals surface area contributed by atoms with Gasteiger partial charge in [-0.1, -0.05) is 26.0 Å². The minimum absolute atomic E-state index is 0.301. The molecule has 2 rings (SSSR count). The van der Waals surface area contributed by atoms with Crippen LogP contribution in [0.3, 0.4) is 0 Å². The van der Waals surface area contributed by atoms with E-state index in [0.29, 0.717) is 11.3 Å². The third-order valence-corrected chi connectivity index (χ3v) is 2.40. The maximum atomic E-state index is 13.7. The van der Waals surface area contributed by atoms with Crippen LogP contribution < -0.4 is 4.74 Å². The van der Waals surface area contributed by atoms with Crippen LogP contribution in [0.4, 0.5) is 4.39 Å². The monoisotopic (exact) mass is 247 g/mol. The van der Waals surface area contributed by atoms with Crippen molar-refractivity contribution < 1.29 is 9.13 Å². The maximum Gasteiger partial charge on any atom is 0.134 e. The summed E-state index contributed by atoms with van der Waals surface area (Å²) in [6.45, 7) is 5.89. The highest BCUT2D eigenvalue weighted by Gasteiger charge is 2.11. The number of ether oxygens (including phenoxy) is 1. The molecule has 0 aliphatic carbocycles. The number of methoxy groups -OCH3 is 1. The first-order valence-electron chi connectivity index (χ1n) is 5.98. The molecule has 0 saturated carbocycles. The Kier molecular flexibility index (Phi) is 5.31. The summed E-state index contributed by atoms with van der Waals surface area (Å²) >= 11 is 0. The van der Waals surface area contributed by atoms with E-state index in [4.69, 9.17) is 4.74 Å². The largest absolute Gasteiger partial charge is 0.496 e. The van der Waals surface area contributed by atoms with Crippen LogP contribution in [0.2, 0.25) is 0 Å². The first-order chi connectivity index (χ1) is 8.72. The summed E-state index contributed by atoms with van der Waals surface area (Å²) in [6.07, 6.45) is 1.65. The van der Waals surface area contributed by atoms with Gasteiger partial charge in [0.25, 0.3) is 0 Å². The Hall–Kier alpha value is -1.90. The molecule has 2 aromatic rings. The van der Waals surface area contributed by atoms with Crippen LogP contribution >= 0.6 is 0 Å². The second-order valence-electron chi connectivity index (χ2n) is 3.51. The van der Waals surface area contributed by atoms with E-state index in [1.807, 2.05) is 32.9 Å². The molecule has 0 N–H and O–H groups in total. The quantitative estimate of drug-likeness (QED) is 0.792. The third-order valence-electron chi connectivity index (χ3n) is 2.40. The zero-order chi connectivity index (χ0) is 13.5. The van der Waals surface area contributed by atoms with Gasteiger partial charge in [-0.25, -0.2) is 4.39 Å². The summed E-state index contributed by atoms with van der Waals surface area (Å²) in [5.74, 6) is 0.218. The topological polar surface area (TPSA) is 22.1 Å². The molecule has 0 fully saturated rings. The summed E-state index contributed by atoms with van der Waals surface area (Å²) < 4.78 is 18.9. The lowest BCUT2D eigenvalue weighted by Crippen LogP contribution is -1.92. The Morgan fingerprint density at radius 2 is 1.83 bits per heavy atom. The highest BCUT2D eigenvalue weighted by Crippen LogP contribution is 2.31. The van der Waals surface area contributed by atoms with Crippen molar-refractivity contribution in [2.75, 3.05) is 7.11 Å². The van der Waals surface area contributed by atoms with E-state index in [9.17, 15) is 4.39 Å². The molecule has 2 nitrogen and oxygen atoms in total. The number of aryl methyl sites for hydroxylation is 1. The van der Waals surface area contributed by atoms with Crippen LogP contribution in [-0.2, 0) is 0 Å². The summed E-state index contributed by atoms with van der Waals surface area (Å²) in [5, 5.41) is 0. The molecule has 0 spiro atoms. The molecular formula is C15H18FNO. The Bertz CT molecular complexity index is 494. The average molecular weight is 247 g/mol. The number of hydrogen-bond donors (Lipinski definition) is 0. The number of aromatic nitrogens is 1. The molecule has 0 aliphatic heterocycles. The second kappa shape index (κ2) is 6.74. The molecular weight excluding hydrogens is 229 g/mol. The number of nitrogens with zero attached hydrogens (tertiary/aromatic N) is 1. The number of hydrogen-bond acceptors (Lipinski definition) is 2. The van der Waals surface area contributed by atoms with Crippen LogP contribution in [0.1, 0.15) is 19.5 Å². The maximum absolute atomic E-state index is 13.7. The van der Waals surface area contributed by atoms with Crippen molar-refractivity contribution in [2.45, 2.75) is 20.8 Å². The smallest absolute Gasteiger partial charge is 0.134 e. The zero-order valence-electron chi connectivity index (χ0n) is 11.2. The highest BCUT2D eigenvalue weighted by atomic mass is 19.1. The normalized spacial score (nSPS) is 9.39. The van der Waals surface area contributed by atoms with Crippen LogP contribution in [0.15, 0.2) is 36.5 Å². The summed E-state index contributed by atoms with van der Waals surface area (Å²) in [4.78, 5) is 4.15. The fraction of sp³-hybridized carbons (Fsp3) is 0.267. The lowest BCUT2D eigenvalue weighted by molar-refractivity contribution is 0.413. The van der Waals surface area contributed by atoms with Gasteiger partial charge in [0, 0.05) is 17.5 Å². The Labute approximate surface area is 107 Å². The fourth-order valence-corrected chi connectivity index (χ4v) is 1.57. The van der Waals surface area contributed by atoms with E-state index in [1.54, 1.807) is 18.3 Å². The van der Waals surface area contributed by atoms with Crippen molar-refractivity contribution in [2.24, 2.45) is 0 Å². The first-order valence-corrected chi connectivity index (χ1v) is 5.98. The highest BCUT2D eigenvalue weighted by molar-refractivity contribution is 5.70. The minimum Gasteiger partial charge on any atom is -0.496 e. The molecule has 1 heterocycles. The number of rotatable bonds is 2. The van der Waals surface area contributed by atoms with Gasteiger partial charge in [-0.05, 0) is 25.1 Å². The molecule has 0 saturated heterocycles. The molecule has 0 unspecified atom stereocenters. The van der Waals surface area contributed by atoms with Crippen LogP contribution in [0, 0.1) is 12.7 Å². The van der Waals surface area contributed by atoms with Gasteiger partial charge in [-0.15, -0.1) is 0 Å². The van der Waals surface area contributed by atoms with E-state index in [-0.39, 0.29) is 5.82 Å². The van der Waals surface area contributed by atoms with Crippen LogP contribution in [0.5, 0.6) is 5.75 Å².